The van der Waals surface area contributed by atoms with Gasteiger partial charge < -0.3 is 9.64 Å². The van der Waals surface area contributed by atoms with Gasteiger partial charge in [0.1, 0.15) is 6.04 Å². The third-order valence-corrected chi connectivity index (χ3v) is 5.17. The normalized spacial score (nSPS) is 26.2. The molecule has 0 aliphatic heterocycles. The average molecular weight is 325 g/mol. The molecule has 23 heavy (non-hydrogen) atoms. The van der Waals surface area contributed by atoms with Crippen LogP contribution in [0.1, 0.15) is 67.2 Å². The SMILES string of the molecule is CCC(C(=O)OC(C)C)N(C)C(=O)[C@@H]1C[C@H](C)CC[C@H]1C(C)C. The summed E-state index contributed by atoms with van der Waals surface area (Å²) in [5.41, 5.74) is 0. The molecule has 0 aromatic rings. The van der Waals surface area contributed by atoms with Crippen LogP contribution in [0.25, 0.3) is 0 Å². The van der Waals surface area contributed by atoms with Gasteiger partial charge in [-0.2, -0.15) is 0 Å². The molecular weight excluding hydrogens is 290 g/mol. The molecule has 0 bridgehead atoms. The zero-order valence-electron chi connectivity index (χ0n) is 16.0. The molecule has 1 saturated carbocycles. The van der Waals surface area contributed by atoms with Gasteiger partial charge in [0.25, 0.3) is 0 Å². The van der Waals surface area contributed by atoms with E-state index in [9.17, 15) is 9.59 Å². The van der Waals surface area contributed by atoms with Crippen LogP contribution in [0.3, 0.4) is 0 Å². The van der Waals surface area contributed by atoms with E-state index in [0.29, 0.717) is 24.2 Å². The van der Waals surface area contributed by atoms with Gasteiger partial charge in [0, 0.05) is 13.0 Å². The highest BCUT2D eigenvalue weighted by Crippen LogP contribution is 2.39. The summed E-state index contributed by atoms with van der Waals surface area (Å²) in [6.07, 6.45) is 3.67. The number of hydrogen-bond donors (Lipinski definition) is 0. The van der Waals surface area contributed by atoms with Crippen molar-refractivity contribution in [1.82, 2.24) is 4.90 Å². The van der Waals surface area contributed by atoms with Gasteiger partial charge in [-0.15, -0.1) is 0 Å². The van der Waals surface area contributed by atoms with Gasteiger partial charge in [0.05, 0.1) is 6.10 Å². The van der Waals surface area contributed by atoms with E-state index < -0.39 is 6.04 Å². The van der Waals surface area contributed by atoms with E-state index in [1.165, 1.54) is 6.42 Å². The van der Waals surface area contributed by atoms with E-state index in [1.807, 2.05) is 20.8 Å². The minimum Gasteiger partial charge on any atom is -0.461 e. The Bertz CT molecular complexity index is 405. The van der Waals surface area contributed by atoms with Crippen LogP contribution in [0.4, 0.5) is 0 Å². The van der Waals surface area contributed by atoms with Crippen LogP contribution in [0, 0.1) is 23.7 Å². The molecule has 1 amide bonds. The number of rotatable bonds is 6. The summed E-state index contributed by atoms with van der Waals surface area (Å²) >= 11 is 0. The number of hydrogen-bond acceptors (Lipinski definition) is 3. The first-order valence-electron chi connectivity index (χ1n) is 9.16. The molecule has 1 aliphatic rings. The summed E-state index contributed by atoms with van der Waals surface area (Å²) in [5.74, 6) is 1.35. The van der Waals surface area contributed by atoms with Crippen molar-refractivity contribution in [2.24, 2.45) is 23.7 Å². The molecule has 0 spiro atoms. The Kier molecular flexibility index (Phi) is 7.56. The molecule has 4 atom stereocenters. The van der Waals surface area contributed by atoms with Crippen LogP contribution in [-0.4, -0.2) is 36.0 Å². The molecule has 0 N–H and O–H groups in total. The first-order chi connectivity index (χ1) is 10.7. The Morgan fingerprint density at radius 1 is 1.17 bits per heavy atom. The summed E-state index contributed by atoms with van der Waals surface area (Å²) < 4.78 is 5.32. The maximum Gasteiger partial charge on any atom is 0.329 e. The van der Waals surface area contributed by atoms with Gasteiger partial charge in [0.15, 0.2) is 0 Å². The smallest absolute Gasteiger partial charge is 0.329 e. The Labute approximate surface area is 141 Å². The fourth-order valence-corrected chi connectivity index (χ4v) is 3.81. The molecule has 1 rings (SSSR count). The Morgan fingerprint density at radius 3 is 2.26 bits per heavy atom. The molecule has 0 saturated heterocycles. The third-order valence-electron chi connectivity index (χ3n) is 5.17. The van der Waals surface area contributed by atoms with Gasteiger partial charge in [-0.1, -0.05) is 34.1 Å². The second kappa shape index (κ2) is 8.70. The van der Waals surface area contributed by atoms with E-state index in [4.69, 9.17) is 4.74 Å². The molecule has 0 aromatic carbocycles. The quantitative estimate of drug-likeness (QED) is 0.696. The lowest BCUT2D eigenvalue weighted by Crippen LogP contribution is -2.48. The van der Waals surface area contributed by atoms with Crippen molar-refractivity contribution in [3.8, 4) is 0 Å². The predicted molar refractivity (Wildman–Crippen MR) is 92.9 cm³/mol. The lowest BCUT2D eigenvalue weighted by molar-refractivity contribution is -0.160. The summed E-state index contributed by atoms with van der Waals surface area (Å²) in [6.45, 7) is 12.2. The molecule has 1 fully saturated rings. The zero-order valence-corrected chi connectivity index (χ0v) is 16.0. The van der Waals surface area contributed by atoms with E-state index >= 15 is 0 Å². The van der Waals surface area contributed by atoms with Crippen LogP contribution in [0.15, 0.2) is 0 Å². The molecule has 1 unspecified atom stereocenters. The number of carbonyl (C=O) groups excluding carboxylic acids is 2. The number of likely N-dealkylation sites (N-methyl/N-ethyl adjacent to an activating group) is 1. The van der Waals surface area contributed by atoms with Crippen LogP contribution in [0.5, 0.6) is 0 Å². The number of esters is 1. The topological polar surface area (TPSA) is 46.6 Å². The maximum atomic E-state index is 13.1. The fourth-order valence-electron chi connectivity index (χ4n) is 3.81. The Balaban J connectivity index is 2.88. The van der Waals surface area contributed by atoms with Crippen molar-refractivity contribution in [2.75, 3.05) is 7.05 Å². The zero-order chi connectivity index (χ0) is 17.7. The highest BCUT2D eigenvalue weighted by molar-refractivity contribution is 5.86. The number of carbonyl (C=O) groups is 2. The van der Waals surface area contributed by atoms with Crippen molar-refractivity contribution in [2.45, 2.75) is 79.4 Å². The lowest BCUT2D eigenvalue weighted by atomic mass is 9.69. The molecule has 0 heterocycles. The fraction of sp³-hybridized carbons (Fsp3) is 0.895. The largest absolute Gasteiger partial charge is 0.461 e. The van der Waals surface area contributed by atoms with Crippen LogP contribution in [0.2, 0.25) is 0 Å². The number of nitrogens with zero attached hydrogens (tertiary/aromatic N) is 1. The maximum absolute atomic E-state index is 13.1. The summed E-state index contributed by atoms with van der Waals surface area (Å²) in [5, 5.41) is 0. The molecule has 0 radical (unpaired) electrons. The second-order valence-corrected chi connectivity index (χ2v) is 7.79. The third kappa shape index (κ3) is 5.22. The summed E-state index contributed by atoms with van der Waals surface area (Å²) in [7, 11) is 1.76. The second-order valence-electron chi connectivity index (χ2n) is 7.79. The van der Waals surface area contributed by atoms with Gasteiger partial charge in [-0.25, -0.2) is 4.79 Å². The van der Waals surface area contributed by atoms with E-state index in [-0.39, 0.29) is 23.9 Å². The highest BCUT2D eigenvalue weighted by atomic mass is 16.5. The van der Waals surface area contributed by atoms with Crippen LogP contribution in [-0.2, 0) is 14.3 Å². The number of amides is 1. The lowest BCUT2D eigenvalue weighted by Gasteiger charge is -2.39. The molecule has 134 valence electrons. The Hall–Kier alpha value is -1.06. The molecule has 0 aromatic heterocycles. The van der Waals surface area contributed by atoms with Crippen molar-refractivity contribution in [3.63, 3.8) is 0 Å². The van der Waals surface area contributed by atoms with E-state index in [0.717, 1.165) is 12.8 Å². The molecule has 1 aliphatic carbocycles. The van der Waals surface area contributed by atoms with Gasteiger partial charge in [-0.3, -0.25) is 4.79 Å². The van der Waals surface area contributed by atoms with Crippen molar-refractivity contribution in [1.29, 1.82) is 0 Å². The van der Waals surface area contributed by atoms with Crippen molar-refractivity contribution in [3.05, 3.63) is 0 Å². The predicted octanol–water partition coefficient (Wildman–Crippen LogP) is 3.88. The number of ether oxygens (including phenoxy) is 1. The molecule has 4 heteroatoms. The van der Waals surface area contributed by atoms with Gasteiger partial charge >= 0.3 is 5.97 Å². The molecule has 4 nitrogen and oxygen atoms in total. The van der Waals surface area contributed by atoms with Crippen molar-refractivity contribution < 1.29 is 14.3 Å². The van der Waals surface area contributed by atoms with E-state index in [2.05, 4.69) is 20.8 Å². The summed E-state index contributed by atoms with van der Waals surface area (Å²) in [4.78, 5) is 27.0. The van der Waals surface area contributed by atoms with E-state index in [1.54, 1.807) is 11.9 Å². The van der Waals surface area contributed by atoms with Crippen molar-refractivity contribution >= 4 is 11.9 Å². The first-order valence-corrected chi connectivity index (χ1v) is 9.16. The summed E-state index contributed by atoms with van der Waals surface area (Å²) in [6, 6.07) is -0.477. The van der Waals surface area contributed by atoms with Gasteiger partial charge in [-0.05, 0) is 50.9 Å². The first kappa shape index (κ1) is 20.0. The van der Waals surface area contributed by atoms with Crippen LogP contribution >= 0.6 is 0 Å². The minimum absolute atomic E-state index is 0.0321. The highest BCUT2D eigenvalue weighted by Gasteiger charge is 2.39. The Morgan fingerprint density at radius 2 is 1.78 bits per heavy atom. The van der Waals surface area contributed by atoms with Gasteiger partial charge in [0.2, 0.25) is 5.91 Å². The monoisotopic (exact) mass is 325 g/mol. The average Bonchev–Trinajstić information content (AvgIpc) is 2.45. The molecular formula is C19H35NO3. The standard InChI is InChI=1S/C19H35NO3/c1-8-17(19(22)23-13(4)5)20(7)18(21)16-11-14(6)9-10-15(16)12(2)3/h12-17H,8-11H2,1-7H3/t14-,15+,16-,17?/m1/s1. The van der Waals surface area contributed by atoms with Crippen LogP contribution < -0.4 is 0 Å². The minimum atomic E-state index is -0.477.